The Bertz CT molecular complexity index is 909. The fraction of sp³-hybridized carbons (Fsp3) is 0.615. The lowest BCUT2D eigenvalue weighted by Gasteiger charge is -2.45. The number of methoxy groups -OCH3 is 2. The molecule has 1 N–H and O–H groups in total. The first-order valence-electron chi connectivity index (χ1n) is 12.3. The van der Waals surface area contributed by atoms with Gasteiger partial charge in [-0.15, -0.1) is 0 Å². The summed E-state index contributed by atoms with van der Waals surface area (Å²) >= 11 is 0. The summed E-state index contributed by atoms with van der Waals surface area (Å²) < 4.78 is 10.6. The second kappa shape index (κ2) is 11.2. The highest BCUT2D eigenvalue weighted by Gasteiger charge is 2.34. The van der Waals surface area contributed by atoms with Crippen LogP contribution in [0.15, 0.2) is 24.3 Å². The summed E-state index contributed by atoms with van der Waals surface area (Å²) in [7, 11) is 3.36. The summed E-state index contributed by atoms with van der Waals surface area (Å²) in [5.74, 6) is 1.50. The van der Waals surface area contributed by atoms with Crippen LogP contribution in [0.1, 0.15) is 43.4 Å². The Hall–Kier alpha value is -2.38. The summed E-state index contributed by atoms with van der Waals surface area (Å²) in [6, 6.07) is 8.45. The minimum atomic E-state index is 0.152. The van der Waals surface area contributed by atoms with Crippen molar-refractivity contribution < 1.29 is 14.3 Å². The van der Waals surface area contributed by atoms with Crippen molar-refractivity contribution in [2.45, 2.75) is 51.5 Å². The molecular weight excluding hydrogens is 416 g/mol. The molecule has 7 heteroatoms. The van der Waals surface area contributed by atoms with Crippen molar-refractivity contribution in [2.75, 3.05) is 47.0 Å². The van der Waals surface area contributed by atoms with E-state index < -0.39 is 0 Å². The molecule has 7 nitrogen and oxygen atoms in total. The van der Waals surface area contributed by atoms with Gasteiger partial charge in [0.2, 0.25) is 5.91 Å². The highest BCUT2D eigenvalue weighted by molar-refractivity contribution is 5.82. The van der Waals surface area contributed by atoms with Gasteiger partial charge in [0.05, 0.1) is 25.8 Å². The monoisotopic (exact) mass is 454 g/mol. The van der Waals surface area contributed by atoms with Crippen LogP contribution in [0, 0.1) is 12.8 Å². The first kappa shape index (κ1) is 23.8. The molecule has 2 atom stereocenters. The lowest BCUT2D eigenvalue weighted by atomic mass is 9.83. The van der Waals surface area contributed by atoms with Crippen molar-refractivity contribution >= 4 is 5.91 Å². The van der Waals surface area contributed by atoms with Crippen LogP contribution in [0.3, 0.4) is 0 Å². The van der Waals surface area contributed by atoms with E-state index in [4.69, 9.17) is 9.47 Å². The minimum Gasteiger partial charge on any atom is -0.497 e. The van der Waals surface area contributed by atoms with Crippen LogP contribution >= 0.6 is 0 Å². The van der Waals surface area contributed by atoms with Crippen LogP contribution in [0.2, 0.25) is 0 Å². The van der Waals surface area contributed by atoms with Gasteiger partial charge in [-0.3, -0.25) is 9.89 Å². The van der Waals surface area contributed by atoms with Gasteiger partial charge in [-0.25, -0.2) is 0 Å². The van der Waals surface area contributed by atoms with Crippen molar-refractivity contribution in [3.8, 4) is 17.0 Å². The van der Waals surface area contributed by atoms with Crippen LogP contribution in [0.4, 0.5) is 0 Å². The number of aromatic nitrogens is 2. The average Bonchev–Trinajstić information content (AvgIpc) is 3.21. The van der Waals surface area contributed by atoms with Crippen LogP contribution in [-0.4, -0.2) is 79.0 Å². The normalized spacial score (nSPS) is 20.9. The number of amides is 1. The van der Waals surface area contributed by atoms with Gasteiger partial charge < -0.3 is 19.3 Å². The number of nitrogens with one attached hydrogen (secondary N) is 1. The molecule has 2 saturated heterocycles. The first-order valence-corrected chi connectivity index (χ1v) is 12.3. The minimum absolute atomic E-state index is 0.152. The van der Waals surface area contributed by atoms with E-state index in [1.165, 1.54) is 45.2 Å². The standard InChI is InChI=1S/C26H38N4O3/c1-19-23(26(28-27-19)20-9-11-22(33-3)12-10-20)17-25(31)30(15-16-32-2)18-21-7-6-14-29-13-5-4-8-24(21)29/h9-12,21,24H,4-8,13-18H2,1-3H3,(H,27,28)/t21-,24+/m1/s1. The van der Waals surface area contributed by atoms with Gasteiger partial charge in [0.1, 0.15) is 5.75 Å². The highest BCUT2D eigenvalue weighted by Crippen LogP contribution is 2.32. The Labute approximate surface area is 197 Å². The van der Waals surface area contributed by atoms with E-state index in [1.54, 1.807) is 14.2 Å². The van der Waals surface area contributed by atoms with E-state index in [0.29, 0.717) is 31.5 Å². The SMILES string of the molecule is COCCN(C[C@H]1CCCN2CCCC[C@@H]12)C(=O)Cc1c(-c2ccc(OC)cc2)n[nH]c1C. The molecule has 2 fully saturated rings. The Morgan fingerprint density at radius 2 is 1.94 bits per heavy atom. The summed E-state index contributed by atoms with van der Waals surface area (Å²) in [6.07, 6.45) is 6.66. The molecule has 0 saturated carbocycles. The maximum absolute atomic E-state index is 13.6. The molecule has 180 valence electrons. The molecule has 1 aromatic carbocycles. The van der Waals surface area contributed by atoms with Crippen LogP contribution in [0.5, 0.6) is 5.75 Å². The van der Waals surface area contributed by atoms with E-state index in [2.05, 4.69) is 15.1 Å². The van der Waals surface area contributed by atoms with Crippen molar-refractivity contribution in [3.63, 3.8) is 0 Å². The number of nitrogens with zero attached hydrogens (tertiary/aromatic N) is 3. The van der Waals surface area contributed by atoms with Crippen molar-refractivity contribution in [2.24, 2.45) is 5.92 Å². The number of carbonyl (C=O) groups is 1. The lowest BCUT2D eigenvalue weighted by Crippen LogP contribution is -2.52. The summed E-state index contributed by atoms with van der Waals surface area (Å²) in [5.41, 5.74) is 3.73. The molecule has 4 rings (SSSR count). The number of rotatable bonds is 9. The maximum atomic E-state index is 13.6. The largest absolute Gasteiger partial charge is 0.497 e. The van der Waals surface area contributed by atoms with E-state index in [0.717, 1.165) is 34.8 Å². The lowest BCUT2D eigenvalue weighted by molar-refractivity contribution is -0.132. The van der Waals surface area contributed by atoms with Gasteiger partial charge >= 0.3 is 0 Å². The molecule has 1 amide bonds. The number of hydrogen-bond acceptors (Lipinski definition) is 5. The van der Waals surface area contributed by atoms with Crippen LogP contribution in [0.25, 0.3) is 11.3 Å². The Balaban J connectivity index is 1.50. The summed E-state index contributed by atoms with van der Waals surface area (Å²) in [6.45, 7) is 6.43. The molecule has 0 aliphatic carbocycles. The number of hydrogen-bond donors (Lipinski definition) is 1. The van der Waals surface area contributed by atoms with Crippen molar-refractivity contribution in [1.82, 2.24) is 20.0 Å². The number of benzene rings is 1. The van der Waals surface area contributed by atoms with Crippen LogP contribution in [-0.2, 0) is 16.0 Å². The molecule has 3 heterocycles. The van der Waals surface area contributed by atoms with Gasteiger partial charge in [0, 0.05) is 43.1 Å². The Morgan fingerprint density at radius 3 is 2.70 bits per heavy atom. The number of piperidine rings is 2. The zero-order valence-corrected chi connectivity index (χ0v) is 20.3. The topological polar surface area (TPSA) is 70.7 Å². The first-order chi connectivity index (χ1) is 16.1. The molecule has 0 radical (unpaired) electrons. The molecule has 0 bridgehead atoms. The van der Waals surface area contributed by atoms with E-state index >= 15 is 0 Å². The number of fused-ring (bicyclic) bond motifs is 1. The fourth-order valence-corrected chi connectivity index (χ4v) is 5.51. The summed E-state index contributed by atoms with van der Waals surface area (Å²) in [5, 5.41) is 7.60. The molecule has 2 aromatic rings. The third-order valence-corrected chi connectivity index (χ3v) is 7.37. The van der Waals surface area contributed by atoms with Gasteiger partial charge in [0.15, 0.2) is 0 Å². The number of ether oxygens (including phenoxy) is 2. The smallest absolute Gasteiger partial charge is 0.227 e. The number of aryl methyl sites for hydroxylation is 1. The molecule has 2 aliphatic rings. The molecule has 2 aliphatic heterocycles. The van der Waals surface area contributed by atoms with Crippen LogP contribution < -0.4 is 4.74 Å². The van der Waals surface area contributed by atoms with Gasteiger partial charge in [-0.2, -0.15) is 5.10 Å². The van der Waals surface area contributed by atoms with E-state index in [1.807, 2.05) is 36.1 Å². The zero-order valence-electron chi connectivity index (χ0n) is 20.3. The molecule has 33 heavy (non-hydrogen) atoms. The average molecular weight is 455 g/mol. The summed E-state index contributed by atoms with van der Waals surface area (Å²) in [4.78, 5) is 18.3. The third kappa shape index (κ3) is 5.58. The van der Waals surface area contributed by atoms with E-state index in [-0.39, 0.29) is 5.91 Å². The van der Waals surface area contributed by atoms with Gasteiger partial charge in [0.25, 0.3) is 0 Å². The Kier molecular flexibility index (Phi) is 8.04. The van der Waals surface area contributed by atoms with Gasteiger partial charge in [-0.05, 0) is 75.9 Å². The number of aromatic amines is 1. The Morgan fingerprint density at radius 1 is 1.15 bits per heavy atom. The third-order valence-electron chi connectivity index (χ3n) is 7.37. The van der Waals surface area contributed by atoms with Gasteiger partial charge in [-0.1, -0.05) is 6.42 Å². The van der Waals surface area contributed by atoms with Crippen molar-refractivity contribution in [3.05, 3.63) is 35.5 Å². The number of H-pyrrole nitrogens is 1. The fourth-order valence-electron chi connectivity index (χ4n) is 5.51. The highest BCUT2D eigenvalue weighted by atomic mass is 16.5. The van der Waals surface area contributed by atoms with E-state index in [9.17, 15) is 4.79 Å². The predicted octanol–water partition coefficient (Wildman–Crippen LogP) is 3.68. The number of carbonyl (C=O) groups excluding carboxylic acids is 1. The molecule has 1 aromatic heterocycles. The molecular formula is C26H38N4O3. The molecule has 0 spiro atoms. The second-order valence-electron chi connectivity index (χ2n) is 9.42. The zero-order chi connectivity index (χ0) is 23.2. The second-order valence-corrected chi connectivity index (χ2v) is 9.42. The van der Waals surface area contributed by atoms with Crippen molar-refractivity contribution in [1.29, 1.82) is 0 Å². The maximum Gasteiger partial charge on any atom is 0.227 e. The predicted molar refractivity (Wildman–Crippen MR) is 129 cm³/mol. The quantitative estimate of drug-likeness (QED) is 0.626. The molecule has 0 unspecified atom stereocenters.